The molecule has 1 nitrogen and oxygen atoms in total. The fourth-order valence-electron chi connectivity index (χ4n) is 0.686. The average Bonchev–Trinajstić information content (AvgIpc) is 2.39. The van der Waals surface area contributed by atoms with E-state index in [-0.39, 0.29) is 0 Å². The quantitative estimate of drug-likeness (QED) is 0.552. The van der Waals surface area contributed by atoms with Crippen molar-refractivity contribution >= 4 is 39.8 Å². The van der Waals surface area contributed by atoms with Crippen LogP contribution in [0.5, 0.6) is 0 Å². The number of hydrogen-bond donors (Lipinski definition) is 0. The molecule has 1 heterocycles. The largest absolute Gasteiger partial charge is 0.280 e. The van der Waals surface area contributed by atoms with Crippen molar-refractivity contribution in [1.29, 1.82) is 0 Å². The third kappa shape index (κ3) is 2.81. The molecule has 0 bridgehead atoms. The molecule has 1 atom stereocenters. The Morgan fingerprint density at radius 1 is 1.73 bits per heavy atom. The molecule has 0 N–H and O–H groups in total. The topological polar surface area (TPSA) is 17.1 Å². The predicted octanol–water partition coefficient (Wildman–Crippen LogP) is 2.66. The maximum absolute atomic E-state index is 10.5. The van der Waals surface area contributed by atoms with Crippen molar-refractivity contribution in [1.82, 2.24) is 0 Å². The molecule has 60 valence electrons. The smallest absolute Gasteiger partial charge is 0.239 e. The van der Waals surface area contributed by atoms with E-state index in [2.05, 4.69) is 0 Å². The minimum atomic E-state index is -0.588. The van der Waals surface area contributed by atoms with Crippen LogP contribution in [0.4, 0.5) is 0 Å². The summed E-state index contributed by atoms with van der Waals surface area (Å²) in [5, 5.41) is 0.868. The van der Waals surface area contributed by atoms with Crippen LogP contribution in [0.1, 0.15) is 4.88 Å². The summed E-state index contributed by atoms with van der Waals surface area (Å²) in [5.74, 6) is 0. The molecule has 0 saturated carbocycles. The molecule has 4 heteroatoms. The lowest BCUT2D eigenvalue weighted by Gasteiger charge is -1.99. The summed E-state index contributed by atoms with van der Waals surface area (Å²) >= 11 is 12.4. The summed E-state index contributed by atoms with van der Waals surface area (Å²) in [7, 11) is 0. The standard InChI is InChI=1S/C7H6Cl2OS/c8-6(7(9)10)4-5-2-1-3-11-5/h1-3,6H,4H2. The highest BCUT2D eigenvalue weighted by Gasteiger charge is 2.12. The molecule has 0 saturated heterocycles. The van der Waals surface area contributed by atoms with E-state index in [1.54, 1.807) is 11.3 Å². The van der Waals surface area contributed by atoms with Gasteiger partial charge in [0.2, 0.25) is 5.24 Å². The predicted molar refractivity (Wildman–Crippen MR) is 48.5 cm³/mol. The third-order valence-electron chi connectivity index (χ3n) is 1.21. The van der Waals surface area contributed by atoms with E-state index < -0.39 is 10.6 Å². The minimum absolute atomic E-state index is 0.486. The van der Waals surface area contributed by atoms with Gasteiger partial charge < -0.3 is 0 Å². The Morgan fingerprint density at radius 2 is 2.45 bits per heavy atom. The molecular weight excluding hydrogens is 203 g/mol. The van der Waals surface area contributed by atoms with Crippen molar-refractivity contribution in [2.45, 2.75) is 11.8 Å². The van der Waals surface area contributed by atoms with Crippen LogP contribution >= 0.6 is 34.5 Å². The van der Waals surface area contributed by atoms with Gasteiger partial charge in [0.1, 0.15) is 5.38 Å². The fourth-order valence-corrected chi connectivity index (χ4v) is 1.77. The molecule has 0 spiro atoms. The number of halogens is 2. The maximum Gasteiger partial charge on any atom is 0.239 e. The van der Waals surface area contributed by atoms with Crippen LogP contribution in [0.2, 0.25) is 0 Å². The van der Waals surface area contributed by atoms with E-state index in [4.69, 9.17) is 23.2 Å². The van der Waals surface area contributed by atoms with Gasteiger partial charge in [0.25, 0.3) is 0 Å². The van der Waals surface area contributed by atoms with Crippen LogP contribution in [-0.2, 0) is 11.2 Å². The minimum Gasteiger partial charge on any atom is -0.280 e. The Bertz CT molecular complexity index is 233. The van der Waals surface area contributed by atoms with E-state index in [0.29, 0.717) is 6.42 Å². The summed E-state index contributed by atoms with van der Waals surface area (Å²) in [6, 6.07) is 3.85. The van der Waals surface area contributed by atoms with Gasteiger partial charge in [-0.1, -0.05) is 6.07 Å². The zero-order chi connectivity index (χ0) is 8.27. The summed E-state index contributed by atoms with van der Waals surface area (Å²) in [4.78, 5) is 11.6. The van der Waals surface area contributed by atoms with E-state index in [9.17, 15) is 4.79 Å². The molecule has 1 aromatic heterocycles. The molecule has 0 aromatic carbocycles. The molecule has 0 aliphatic heterocycles. The first-order valence-corrected chi connectivity index (χ1v) is 4.75. The SMILES string of the molecule is O=C(Cl)C(Cl)Cc1cccs1. The van der Waals surface area contributed by atoms with Crippen LogP contribution < -0.4 is 0 Å². The Morgan fingerprint density at radius 3 is 2.91 bits per heavy atom. The zero-order valence-corrected chi connectivity index (χ0v) is 7.92. The van der Waals surface area contributed by atoms with Gasteiger partial charge in [-0.15, -0.1) is 22.9 Å². The normalized spacial score (nSPS) is 12.9. The molecule has 11 heavy (non-hydrogen) atoms. The first kappa shape index (κ1) is 9.04. The second-order valence-corrected chi connectivity index (χ2v) is 3.99. The van der Waals surface area contributed by atoms with Crippen LogP contribution in [0, 0.1) is 0 Å². The number of alkyl halides is 1. The summed E-state index contributed by atoms with van der Waals surface area (Å²) in [5.41, 5.74) is 0. The molecule has 1 aromatic rings. The molecule has 0 amide bonds. The van der Waals surface area contributed by atoms with Crippen LogP contribution in [-0.4, -0.2) is 10.6 Å². The van der Waals surface area contributed by atoms with Crippen molar-refractivity contribution < 1.29 is 4.79 Å². The highest BCUT2D eigenvalue weighted by atomic mass is 35.5. The molecule has 1 unspecified atom stereocenters. The Hall–Kier alpha value is -0.0500. The van der Waals surface area contributed by atoms with Gasteiger partial charge in [-0.05, 0) is 23.0 Å². The highest BCUT2D eigenvalue weighted by molar-refractivity contribution is 7.09. The van der Waals surface area contributed by atoms with E-state index >= 15 is 0 Å². The van der Waals surface area contributed by atoms with Gasteiger partial charge in [-0.3, -0.25) is 4.79 Å². The highest BCUT2D eigenvalue weighted by Crippen LogP contribution is 2.15. The summed E-state index contributed by atoms with van der Waals surface area (Å²) in [6.07, 6.45) is 0.529. The number of carbonyl (C=O) groups is 1. The van der Waals surface area contributed by atoms with Gasteiger partial charge in [-0.25, -0.2) is 0 Å². The molecule has 0 aliphatic carbocycles. The van der Waals surface area contributed by atoms with E-state index in [0.717, 1.165) is 4.88 Å². The van der Waals surface area contributed by atoms with Crippen molar-refractivity contribution in [3.8, 4) is 0 Å². The van der Waals surface area contributed by atoms with E-state index in [1.165, 1.54) is 0 Å². The molecule has 0 aliphatic rings. The van der Waals surface area contributed by atoms with Gasteiger partial charge in [-0.2, -0.15) is 0 Å². The van der Waals surface area contributed by atoms with E-state index in [1.807, 2.05) is 17.5 Å². The third-order valence-corrected chi connectivity index (χ3v) is 2.83. The lowest BCUT2D eigenvalue weighted by Crippen LogP contribution is -2.09. The second-order valence-electron chi connectivity index (χ2n) is 2.06. The van der Waals surface area contributed by atoms with Crippen LogP contribution in [0.15, 0.2) is 17.5 Å². The molecule has 0 fully saturated rings. The number of thiophene rings is 1. The number of carbonyl (C=O) groups excluding carboxylic acids is 1. The maximum atomic E-state index is 10.5. The molecule has 1 rings (SSSR count). The first-order valence-electron chi connectivity index (χ1n) is 3.06. The summed E-state index contributed by atoms with van der Waals surface area (Å²) < 4.78 is 0. The van der Waals surface area contributed by atoms with Crippen molar-refractivity contribution in [3.63, 3.8) is 0 Å². The fraction of sp³-hybridized carbons (Fsp3) is 0.286. The van der Waals surface area contributed by atoms with Crippen LogP contribution in [0.25, 0.3) is 0 Å². The Balaban J connectivity index is 2.50. The Labute approximate surface area is 78.9 Å². The van der Waals surface area contributed by atoms with Crippen molar-refractivity contribution in [2.24, 2.45) is 0 Å². The van der Waals surface area contributed by atoms with Gasteiger partial charge in [0, 0.05) is 11.3 Å². The van der Waals surface area contributed by atoms with Crippen LogP contribution in [0.3, 0.4) is 0 Å². The van der Waals surface area contributed by atoms with Gasteiger partial charge >= 0.3 is 0 Å². The first-order chi connectivity index (χ1) is 5.20. The monoisotopic (exact) mass is 208 g/mol. The molecular formula is C7H6Cl2OS. The Kier molecular flexibility index (Phi) is 3.37. The van der Waals surface area contributed by atoms with Gasteiger partial charge in [0.15, 0.2) is 0 Å². The second kappa shape index (κ2) is 4.10. The number of rotatable bonds is 3. The van der Waals surface area contributed by atoms with Crippen molar-refractivity contribution in [3.05, 3.63) is 22.4 Å². The summed E-state index contributed by atoms with van der Waals surface area (Å²) in [6.45, 7) is 0. The van der Waals surface area contributed by atoms with Crippen molar-refractivity contribution in [2.75, 3.05) is 0 Å². The lowest BCUT2D eigenvalue weighted by atomic mass is 10.3. The molecule has 0 radical (unpaired) electrons. The number of hydrogen-bond acceptors (Lipinski definition) is 2. The lowest BCUT2D eigenvalue weighted by molar-refractivity contribution is -0.111. The average molecular weight is 209 g/mol. The zero-order valence-electron chi connectivity index (χ0n) is 5.59. The van der Waals surface area contributed by atoms with Gasteiger partial charge in [0.05, 0.1) is 0 Å².